The van der Waals surface area contributed by atoms with Crippen molar-refractivity contribution < 1.29 is 14.6 Å². The Morgan fingerprint density at radius 2 is 1.91 bits per heavy atom. The van der Waals surface area contributed by atoms with Crippen molar-refractivity contribution in [3.05, 3.63) is 71.3 Å². The predicted molar refractivity (Wildman–Crippen MR) is 88.0 cm³/mol. The van der Waals surface area contributed by atoms with Crippen LogP contribution in [-0.2, 0) is 22.4 Å². The first kappa shape index (κ1) is 15.7. The smallest absolute Gasteiger partial charge is 0.254 e. The molecule has 3 rings (SSSR count). The number of rotatable bonds is 5. The number of carbonyl (C=O) groups is 1. The zero-order valence-electron chi connectivity index (χ0n) is 12.9. The van der Waals surface area contributed by atoms with Crippen LogP contribution in [0.25, 0.3) is 0 Å². The topological polar surface area (TPSA) is 58.6 Å². The van der Waals surface area contributed by atoms with E-state index in [1.807, 2.05) is 54.6 Å². The van der Waals surface area contributed by atoms with Gasteiger partial charge in [0.15, 0.2) is 6.10 Å². The first-order chi connectivity index (χ1) is 11.3. The number of nitrogens with one attached hydrogen (secondary N) is 1. The molecule has 2 aromatic carbocycles. The van der Waals surface area contributed by atoms with Crippen molar-refractivity contribution in [2.24, 2.45) is 0 Å². The normalized spacial score (nSPS) is 18.0. The lowest BCUT2D eigenvalue weighted by atomic mass is 9.96. The summed E-state index contributed by atoms with van der Waals surface area (Å²) >= 11 is 0. The number of ether oxygens (including phenoxy) is 1. The number of carbonyl (C=O) groups excluding carboxylic acids is 1. The highest BCUT2D eigenvalue weighted by Crippen LogP contribution is 2.27. The Labute approximate surface area is 136 Å². The Bertz CT molecular complexity index is 657. The Morgan fingerprint density at radius 3 is 2.70 bits per heavy atom. The van der Waals surface area contributed by atoms with E-state index in [2.05, 4.69) is 5.32 Å². The van der Waals surface area contributed by atoms with Crippen molar-refractivity contribution in [2.45, 2.75) is 25.0 Å². The molecule has 1 heterocycles. The second-order valence-corrected chi connectivity index (χ2v) is 5.78. The van der Waals surface area contributed by atoms with Gasteiger partial charge in [0, 0.05) is 0 Å². The monoisotopic (exact) mass is 311 g/mol. The van der Waals surface area contributed by atoms with Crippen molar-refractivity contribution in [1.82, 2.24) is 5.32 Å². The van der Waals surface area contributed by atoms with Crippen LogP contribution < -0.4 is 5.32 Å². The van der Waals surface area contributed by atoms with Crippen molar-refractivity contribution in [3.63, 3.8) is 0 Å². The molecule has 0 spiro atoms. The van der Waals surface area contributed by atoms with Gasteiger partial charge in [-0.25, -0.2) is 0 Å². The van der Waals surface area contributed by atoms with E-state index in [1.165, 1.54) is 0 Å². The molecule has 2 N–H and O–H groups in total. The molecule has 2 atom stereocenters. The third kappa shape index (κ3) is 3.78. The van der Waals surface area contributed by atoms with Gasteiger partial charge in [-0.3, -0.25) is 4.79 Å². The molecule has 4 nitrogen and oxygen atoms in total. The van der Waals surface area contributed by atoms with Gasteiger partial charge < -0.3 is 15.2 Å². The van der Waals surface area contributed by atoms with E-state index in [0.717, 1.165) is 23.1 Å². The maximum Gasteiger partial charge on any atom is 0.254 e. The molecule has 0 unspecified atom stereocenters. The number of fused-ring (bicyclic) bond motifs is 1. The first-order valence-corrected chi connectivity index (χ1v) is 7.92. The standard InChI is InChI=1S/C19H21NO3/c21-13-16(12-14-6-2-1-3-7-14)20-19(22)18-17-9-5-4-8-15(17)10-11-23-18/h1-9,16,18,21H,10-13H2,(H,20,22)/t16-,18-/m0/s1. The molecule has 0 aliphatic carbocycles. The second-order valence-electron chi connectivity index (χ2n) is 5.78. The first-order valence-electron chi connectivity index (χ1n) is 7.92. The summed E-state index contributed by atoms with van der Waals surface area (Å²) in [6, 6.07) is 17.4. The van der Waals surface area contributed by atoms with E-state index in [9.17, 15) is 9.90 Å². The molecule has 0 radical (unpaired) electrons. The van der Waals surface area contributed by atoms with Gasteiger partial charge >= 0.3 is 0 Å². The lowest BCUT2D eigenvalue weighted by Gasteiger charge is -2.27. The zero-order chi connectivity index (χ0) is 16.1. The number of aliphatic hydroxyl groups is 1. The zero-order valence-corrected chi connectivity index (χ0v) is 12.9. The van der Waals surface area contributed by atoms with E-state index in [1.54, 1.807) is 0 Å². The number of hydrogen-bond acceptors (Lipinski definition) is 3. The Hall–Kier alpha value is -2.17. The fourth-order valence-electron chi connectivity index (χ4n) is 2.95. The summed E-state index contributed by atoms with van der Waals surface area (Å²) in [7, 11) is 0. The van der Waals surface area contributed by atoms with E-state index >= 15 is 0 Å². The summed E-state index contributed by atoms with van der Waals surface area (Å²) < 4.78 is 5.67. The number of amides is 1. The van der Waals surface area contributed by atoms with Gasteiger partial charge in [-0.15, -0.1) is 0 Å². The largest absolute Gasteiger partial charge is 0.394 e. The molecule has 1 aliphatic rings. The minimum atomic E-state index is -0.593. The van der Waals surface area contributed by atoms with Gasteiger partial charge in [0.05, 0.1) is 19.3 Å². The minimum absolute atomic E-state index is 0.102. The lowest BCUT2D eigenvalue weighted by Crippen LogP contribution is -2.43. The molecule has 0 bridgehead atoms. The highest BCUT2D eigenvalue weighted by molar-refractivity contribution is 5.83. The average Bonchev–Trinajstić information content (AvgIpc) is 2.61. The second kappa shape index (κ2) is 7.40. The SMILES string of the molecule is O=C(N[C@H](CO)Cc1ccccc1)[C@H]1OCCc2ccccc21. The Morgan fingerprint density at radius 1 is 1.17 bits per heavy atom. The molecule has 0 saturated carbocycles. The van der Waals surface area contributed by atoms with Crippen LogP contribution in [0.2, 0.25) is 0 Å². The molecular formula is C19H21NO3. The van der Waals surface area contributed by atoms with Gasteiger partial charge in [-0.2, -0.15) is 0 Å². The van der Waals surface area contributed by atoms with Crippen molar-refractivity contribution in [3.8, 4) is 0 Å². The summed E-state index contributed by atoms with van der Waals surface area (Å²) in [5.74, 6) is -0.188. The van der Waals surface area contributed by atoms with Gasteiger partial charge in [0.25, 0.3) is 5.91 Å². The van der Waals surface area contributed by atoms with Crippen molar-refractivity contribution >= 4 is 5.91 Å². The summed E-state index contributed by atoms with van der Waals surface area (Å²) in [5.41, 5.74) is 3.16. The minimum Gasteiger partial charge on any atom is -0.394 e. The highest BCUT2D eigenvalue weighted by Gasteiger charge is 2.28. The molecule has 0 aromatic heterocycles. The highest BCUT2D eigenvalue weighted by atomic mass is 16.5. The van der Waals surface area contributed by atoms with Crippen molar-refractivity contribution in [1.29, 1.82) is 0 Å². The molecule has 0 saturated heterocycles. The summed E-state index contributed by atoms with van der Waals surface area (Å²) in [6.45, 7) is 0.437. The van der Waals surface area contributed by atoms with E-state index < -0.39 is 6.10 Å². The number of benzene rings is 2. The van der Waals surface area contributed by atoms with E-state index in [-0.39, 0.29) is 18.6 Å². The quantitative estimate of drug-likeness (QED) is 0.888. The molecule has 2 aromatic rings. The number of aliphatic hydroxyl groups excluding tert-OH is 1. The predicted octanol–water partition coefficient (Wildman–Crippen LogP) is 2.02. The number of hydrogen-bond donors (Lipinski definition) is 2. The molecule has 0 fully saturated rings. The average molecular weight is 311 g/mol. The Balaban J connectivity index is 1.68. The molecule has 23 heavy (non-hydrogen) atoms. The van der Waals surface area contributed by atoms with E-state index in [0.29, 0.717) is 13.0 Å². The summed E-state index contributed by atoms with van der Waals surface area (Å²) in [4.78, 5) is 12.6. The maximum absolute atomic E-state index is 12.6. The fraction of sp³-hybridized carbons (Fsp3) is 0.316. The van der Waals surface area contributed by atoms with Crippen LogP contribution in [0.5, 0.6) is 0 Å². The van der Waals surface area contributed by atoms with Gasteiger partial charge in [-0.05, 0) is 29.5 Å². The molecular weight excluding hydrogens is 290 g/mol. The van der Waals surface area contributed by atoms with Crippen LogP contribution in [0, 0.1) is 0 Å². The van der Waals surface area contributed by atoms with Gasteiger partial charge in [0.2, 0.25) is 0 Å². The van der Waals surface area contributed by atoms with Crippen LogP contribution in [-0.4, -0.2) is 30.3 Å². The van der Waals surface area contributed by atoms with Crippen LogP contribution in [0.15, 0.2) is 54.6 Å². The third-order valence-corrected chi connectivity index (χ3v) is 4.12. The third-order valence-electron chi connectivity index (χ3n) is 4.12. The maximum atomic E-state index is 12.6. The molecule has 1 amide bonds. The summed E-state index contributed by atoms with van der Waals surface area (Å²) in [6.07, 6.45) is 0.829. The van der Waals surface area contributed by atoms with Gasteiger partial charge in [-0.1, -0.05) is 54.6 Å². The summed E-state index contributed by atoms with van der Waals surface area (Å²) in [5, 5.41) is 12.5. The molecule has 120 valence electrons. The fourth-order valence-corrected chi connectivity index (χ4v) is 2.95. The van der Waals surface area contributed by atoms with Crippen LogP contribution >= 0.6 is 0 Å². The van der Waals surface area contributed by atoms with E-state index in [4.69, 9.17) is 4.74 Å². The Kier molecular flexibility index (Phi) is 5.05. The molecule has 4 heteroatoms. The van der Waals surface area contributed by atoms with Crippen LogP contribution in [0.3, 0.4) is 0 Å². The lowest BCUT2D eigenvalue weighted by molar-refractivity contribution is -0.135. The van der Waals surface area contributed by atoms with Crippen LogP contribution in [0.1, 0.15) is 22.8 Å². The molecule has 1 aliphatic heterocycles. The van der Waals surface area contributed by atoms with Crippen molar-refractivity contribution in [2.75, 3.05) is 13.2 Å². The van der Waals surface area contributed by atoms with Gasteiger partial charge in [0.1, 0.15) is 0 Å². The van der Waals surface area contributed by atoms with Crippen LogP contribution in [0.4, 0.5) is 0 Å².